The number of aryl methyl sites for hydroxylation is 2. The van der Waals surface area contributed by atoms with Crippen LogP contribution in [0.1, 0.15) is 27.0 Å². The van der Waals surface area contributed by atoms with Crippen LogP contribution >= 0.6 is 0 Å². The van der Waals surface area contributed by atoms with E-state index in [0.717, 1.165) is 11.1 Å². The zero-order valence-electron chi connectivity index (χ0n) is 18.4. The highest BCUT2D eigenvalue weighted by molar-refractivity contribution is 7.90. The van der Waals surface area contributed by atoms with Crippen LogP contribution in [0.25, 0.3) is 10.9 Å². The van der Waals surface area contributed by atoms with E-state index in [9.17, 15) is 13.2 Å². The molecule has 0 aliphatic heterocycles. The van der Waals surface area contributed by atoms with Crippen molar-refractivity contribution in [3.8, 4) is 5.75 Å². The molecule has 1 heterocycles. The zero-order chi connectivity index (χ0) is 23.6. The molecule has 0 fully saturated rings. The second-order valence-electron chi connectivity index (χ2n) is 7.62. The Morgan fingerprint density at radius 1 is 1.00 bits per heavy atom. The number of benzene rings is 3. The molecule has 0 saturated heterocycles. The Morgan fingerprint density at radius 3 is 2.42 bits per heavy atom. The smallest absolute Gasteiger partial charge is 0.275 e. The van der Waals surface area contributed by atoms with Crippen LogP contribution in [0.15, 0.2) is 82.9 Å². The van der Waals surface area contributed by atoms with Crippen molar-refractivity contribution in [2.75, 3.05) is 7.11 Å². The van der Waals surface area contributed by atoms with Gasteiger partial charge in [0.25, 0.3) is 15.9 Å². The fourth-order valence-electron chi connectivity index (χ4n) is 3.51. The van der Waals surface area contributed by atoms with Gasteiger partial charge in [-0.15, -0.1) is 0 Å². The number of ether oxygens (including phenoxy) is 1. The van der Waals surface area contributed by atoms with Gasteiger partial charge >= 0.3 is 0 Å². The summed E-state index contributed by atoms with van der Waals surface area (Å²) in [6.45, 7) is 3.80. The average Bonchev–Trinajstić information content (AvgIpc) is 3.18. The summed E-state index contributed by atoms with van der Waals surface area (Å²) >= 11 is 0. The van der Waals surface area contributed by atoms with E-state index in [-0.39, 0.29) is 4.90 Å². The van der Waals surface area contributed by atoms with E-state index in [4.69, 9.17) is 4.74 Å². The number of aromatic nitrogens is 1. The summed E-state index contributed by atoms with van der Waals surface area (Å²) in [7, 11) is -2.31. The Balaban J connectivity index is 1.66. The third-order valence-electron chi connectivity index (χ3n) is 5.26. The number of fused-ring (bicyclic) bond motifs is 1. The number of nitrogens with zero attached hydrogens (tertiary/aromatic N) is 2. The Kier molecular flexibility index (Phi) is 6.02. The van der Waals surface area contributed by atoms with Crippen LogP contribution in [0.3, 0.4) is 0 Å². The maximum Gasteiger partial charge on any atom is 0.275 e. The molecule has 8 heteroatoms. The molecule has 1 N–H and O–H groups in total. The molecule has 33 heavy (non-hydrogen) atoms. The van der Waals surface area contributed by atoms with E-state index < -0.39 is 15.9 Å². The van der Waals surface area contributed by atoms with Crippen molar-refractivity contribution in [2.24, 2.45) is 5.10 Å². The first-order valence-electron chi connectivity index (χ1n) is 10.2. The number of para-hydroxylation sites is 1. The lowest BCUT2D eigenvalue weighted by Gasteiger charge is -2.07. The van der Waals surface area contributed by atoms with E-state index in [0.29, 0.717) is 27.8 Å². The number of hydrogen-bond acceptors (Lipinski definition) is 5. The van der Waals surface area contributed by atoms with Gasteiger partial charge in [0.15, 0.2) is 0 Å². The number of rotatable bonds is 6. The highest BCUT2D eigenvalue weighted by Gasteiger charge is 2.20. The Hall–Kier alpha value is -3.91. The fourth-order valence-corrected chi connectivity index (χ4v) is 4.89. The van der Waals surface area contributed by atoms with E-state index in [1.807, 2.05) is 32.0 Å². The first-order chi connectivity index (χ1) is 15.8. The van der Waals surface area contributed by atoms with Crippen molar-refractivity contribution in [3.63, 3.8) is 0 Å². The van der Waals surface area contributed by atoms with Gasteiger partial charge in [-0.25, -0.2) is 17.8 Å². The summed E-state index contributed by atoms with van der Waals surface area (Å²) in [5.74, 6) is 0.0163. The molecule has 7 nitrogen and oxygen atoms in total. The number of nitrogens with one attached hydrogen (secondary N) is 1. The van der Waals surface area contributed by atoms with Gasteiger partial charge in [0.05, 0.1) is 29.3 Å². The highest BCUT2D eigenvalue weighted by atomic mass is 32.2. The van der Waals surface area contributed by atoms with Crippen molar-refractivity contribution >= 4 is 33.0 Å². The summed E-state index contributed by atoms with van der Waals surface area (Å²) in [4.78, 5) is 12.8. The van der Waals surface area contributed by atoms with Crippen molar-refractivity contribution in [3.05, 3.63) is 95.2 Å². The van der Waals surface area contributed by atoms with Gasteiger partial charge in [-0.2, -0.15) is 5.10 Å². The number of carbonyl (C=O) groups is 1. The summed E-state index contributed by atoms with van der Waals surface area (Å²) in [6.07, 6.45) is 2.93. The van der Waals surface area contributed by atoms with Crippen LogP contribution in [0.2, 0.25) is 0 Å². The molecule has 0 saturated carbocycles. The lowest BCUT2D eigenvalue weighted by molar-refractivity contribution is 0.0952. The predicted octanol–water partition coefficient (Wildman–Crippen LogP) is 4.27. The topological polar surface area (TPSA) is 89.8 Å². The first kappa shape index (κ1) is 22.3. The third-order valence-corrected chi connectivity index (χ3v) is 6.95. The van der Waals surface area contributed by atoms with Gasteiger partial charge in [0.1, 0.15) is 5.75 Å². The predicted molar refractivity (Wildman–Crippen MR) is 128 cm³/mol. The minimum absolute atomic E-state index is 0.192. The monoisotopic (exact) mass is 461 g/mol. The molecule has 1 aromatic heterocycles. The van der Waals surface area contributed by atoms with Gasteiger partial charge in [-0.1, -0.05) is 42.0 Å². The van der Waals surface area contributed by atoms with Gasteiger partial charge in [0.2, 0.25) is 0 Å². The summed E-state index contributed by atoms with van der Waals surface area (Å²) < 4.78 is 33.1. The van der Waals surface area contributed by atoms with Gasteiger partial charge < -0.3 is 4.74 Å². The van der Waals surface area contributed by atoms with Crippen molar-refractivity contribution in [2.45, 2.75) is 18.7 Å². The molecule has 4 aromatic rings. The molecule has 4 rings (SSSR count). The maximum absolute atomic E-state index is 13.3. The summed E-state index contributed by atoms with van der Waals surface area (Å²) in [6, 6.07) is 19.1. The van der Waals surface area contributed by atoms with Gasteiger partial charge in [0, 0.05) is 17.1 Å². The number of hydrogen-bond donors (Lipinski definition) is 1. The van der Waals surface area contributed by atoms with Crippen LogP contribution in [0.4, 0.5) is 0 Å². The van der Waals surface area contributed by atoms with Gasteiger partial charge in [-0.3, -0.25) is 4.79 Å². The van der Waals surface area contributed by atoms with Crippen LogP contribution in [-0.2, 0) is 10.0 Å². The quantitative estimate of drug-likeness (QED) is 0.343. The van der Waals surface area contributed by atoms with Crippen LogP contribution < -0.4 is 10.2 Å². The summed E-state index contributed by atoms with van der Waals surface area (Å²) in [5, 5.41) is 4.75. The van der Waals surface area contributed by atoms with Crippen molar-refractivity contribution in [1.82, 2.24) is 9.40 Å². The zero-order valence-corrected chi connectivity index (χ0v) is 19.3. The second kappa shape index (κ2) is 8.91. The molecule has 3 aromatic carbocycles. The van der Waals surface area contributed by atoms with Crippen LogP contribution in [-0.4, -0.2) is 31.6 Å². The molecular weight excluding hydrogens is 438 g/mol. The molecule has 0 aliphatic carbocycles. The minimum Gasteiger partial charge on any atom is -0.496 e. The van der Waals surface area contributed by atoms with Crippen LogP contribution in [0.5, 0.6) is 5.75 Å². The van der Waals surface area contributed by atoms with Gasteiger partial charge in [-0.05, 0) is 49.7 Å². The van der Waals surface area contributed by atoms with Crippen molar-refractivity contribution < 1.29 is 17.9 Å². The van der Waals surface area contributed by atoms with E-state index in [1.54, 1.807) is 48.5 Å². The minimum atomic E-state index is -3.81. The number of methoxy groups -OCH3 is 1. The van der Waals surface area contributed by atoms with E-state index in [1.165, 1.54) is 23.5 Å². The molecular formula is C25H23N3O4S. The Labute approximate surface area is 192 Å². The second-order valence-corrected chi connectivity index (χ2v) is 9.43. The molecule has 168 valence electrons. The Bertz CT molecular complexity index is 1470. The first-order valence-corrected chi connectivity index (χ1v) is 11.7. The standard InChI is InChI=1S/C25H23N3O4S/c1-17-8-11-20(12-9-17)33(30,31)28-16-19(21-6-4-5-7-23(21)28)15-26-27-25(29)22-13-10-18(2)14-24(22)32-3/h4-16H,1-3H3,(H,27,29)/b26-15-. The molecule has 0 unspecified atom stereocenters. The molecule has 0 bridgehead atoms. The molecule has 0 spiro atoms. The largest absolute Gasteiger partial charge is 0.496 e. The number of hydrazone groups is 1. The van der Waals surface area contributed by atoms with E-state index >= 15 is 0 Å². The SMILES string of the molecule is COc1cc(C)ccc1C(=O)N/N=C\c1cn(S(=O)(=O)c2ccc(C)cc2)c2ccccc12. The van der Waals surface area contributed by atoms with Crippen LogP contribution in [0, 0.1) is 13.8 Å². The highest BCUT2D eigenvalue weighted by Crippen LogP contribution is 2.25. The fraction of sp³-hybridized carbons (Fsp3) is 0.120. The molecule has 0 atom stereocenters. The molecule has 1 amide bonds. The molecule has 0 radical (unpaired) electrons. The Morgan fingerprint density at radius 2 is 1.70 bits per heavy atom. The lowest BCUT2D eigenvalue weighted by atomic mass is 10.1. The summed E-state index contributed by atoms with van der Waals surface area (Å²) in [5.41, 5.74) is 5.85. The maximum atomic E-state index is 13.3. The normalized spacial score (nSPS) is 11.7. The molecule has 0 aliphatic rings. The van der Waals surface area contributed by atoms with Crippen molar-refractivity contribution in [1.29, 1.82) is 0 Å². The lowest BCUT2D eigenvalue weighted by Crippen LogP contribution is -2.18. The average molecular weight is 462 g/mol. The number of amides is 1. The third kappa shape index (κ3) is 4.38. The number of carbonyl (C=O) groups excluding carboxylic acids is 1. The van der Waals surface area contributed by atoms with E-state index in [2.05, 4.69) is 10.5 Å².